The van der Waals surface area contributed by atoms with Crippen LogP contribution in [0.2, 0.25) is 0 Å². The SMILES string of the molecule is CCC(C)Cc1ccccc1CCCCCC(=O)O. The van der Waals surface area contributed by atoms with E-state index in [-0.39, 0.29) is 0 Å². The van der Waals surface area contributed by atoms with Gasteiger partial charge in [0.25, 0.3) is 0 Å². The van der Waals surface area contributed by atoms with Crippen LogP contribution in [0.3, 0.4) is 0 Å². The van der Waals surface area contributed by atoms with E-state index in [1.807, 2.05) is 0 Å². The highest BCUT2D eigenvalue weighted by molar-refractivity contribution is 5.66. The Balaban J connectivity index is 2.42. The highest BCUT2D eigenvalue weighted by Gasteiger charge is 2.06. The molecule has 0 fully saturated rings. The summed E-state index contributed by atoms with van der Waals surface area (Å²) in [5.41, 5.74) is 2.91. The van der Waals surface area contributed by atoms with Gasteiger partial charge in [-0.25, -0.2) is 0 Å². The number of carboxylic acid groups (broad SMARTS) is 1. The maximum atomic E-state index is 10.4. The first kappa shape index (κ1) is 15.7. The summed E-state index contributed by atoms with van der Waals surface area (Å²) in [6, 6.07) is 8.67. The van der Waals surface area contributed by atoms with Crippen LogP contribution in [0.1, 0.15) is 57.1 Å². The highest BCUT2D eigenvalue weighted by atomic mass is 16.4. The Morgan fingerprint density at radius 3 is 2.47 bits per heavy atom. The van der Waals surface area contributed by atoms with Crippen LogP contribution < -0.4 is 0 Å². The van der Waals surface area contributed by atoms with Gasteiger partial charge in [0.1, 0.15) is 0 Å². The van der Waals surface area contributed by atoms with Gasteiger partial charge in [-0.3, -0.25) is 4.79 Å². The molecule has 2 heteroatoms. The molecule has 1 atom stereocenters. The molecule has 0 aromatic heterocycles. The van der Waals surface area contributed by atoms with Crippen LogP contribution >= 0.6 is 0 Å². The predicted octanol–water partition coefficient (Wildman–Crippen LogP) is 4.46. The van der Waals surface area contributed by atoms with Gasteiger partial charge in [-0.15, -0.1) is 0 Å². The van der Waals surface area contributed by atoms with Gasteiger partial charge in [0, 0.05) is 6.42 Å². The van der Waals surface area contributed by atoms with Crippen molar-refractivity contribution in [1.29, 1.82) is 0 Å². The number of aryl methyl sites for hydroxylation is 1. The zero-order valence-electron chi connectivity index (χ0n) is 12.2. The molecule has 1 unspecified atom stereocenters. The lowest BCUT2D eigenvalue weighted by Gasteiger charge is -2.13. The molecule has 19 heavy (non-hydrogen) atoms. The summed E-state index contributed by atoms with van der Waals surface area (Å²) in [5.74, 6) is 0.0466. The van der Waals surface area contributed by atoms with Crippen molar-refractivity contribution in [2.75, 3.05) is 0 Å². The number of benzene rings is 1. The van der Waals surface area contributed by atoms with E-state index in [2.05, 4.69) is 38.1 Å². The largest absolute Gasteiger partial charge is 0.481 e. The second kappa shape index (κ2) is 8.73. The molecule has 0 heterocycles. The Morgan fingerprint density at radius 2 is 1.84 bits per heavy atom. The fourth-order valence-electron chi connectivity index (χ4n) is 2.29. The van der Waals surface area contributed by atoms with E-state index in [1.54, 1.807) is 0 Å². The number of unbranched alkanes of at least 4 members (excludes halogenated alkanes) is 2. The van der Waals surface area contributed by atoms with Crippen LogP contribution in [0.4, 0.5) is 0 Å². The maximum absolute atomic E-state index is 10.4. The molecular weight excluding hydrogens is 236 g/mol. The molecule has 1 rings (SSSR count). The van der Waals surface area contributed by atoms with Crippen LogP contribution in [0.15, 0.2) is 24.3 Å². The summed E-state index contributed by atoms with van der Waals surface area (Å²) in [4.78, 5) is 10.4. The van der Waals surface area contributed by atoms with Gasteiger partial charge >= 0.3 is 5.97 Å². The smallest absolute Gasteiger partial charge is 0.303 e. The zero-order valence-corrected chi connectivity index (χ0v) is 12.2. The molecule has 0 aliphatic carbocycles. The molecule has 0 aliphatic rings. The number of hydrogen-bond donors (Lipinski definition) is 1. The minimum absolute atomic E-state index is 0.300. The minimum Gasteiger partial charge on any atom is -0.481 e. The maximum Gasteiger partial charge on any atom is 0.303 e. The summed E-state index contributed by atoms with van der Waals surface area (Å²) in [7, 11) is 0. The third-order valence-corrected chi connectivity index (χ3v) is 3.72. The van der Waals surface area contributed by atoms with Crippen molar-refractivity contribution in [2.24, 2.45) is 5.92 Å². The van der Waals surface area contributed by atoms with Gasteiger partial charge < -0.3 is 5.11 Å². The Labute approximate surface area is 116 Å². The molecule has 0 amide bonds. The fourth-order valence-corrected chi connectivity index (χ4v) is 2.29. The van der Waals surface area contributed by atoms with Crippen molar-refractivity contribution in [3.05, 3.63) is 35.4 Å². The van der Waals surface area contributed by atoms with Crippen LogP contribution in [0.5, 0.6) is 0 Å². The number of carboxylic acids is 1. The Bertz CT molecular complexity index is 385. The molecule has 1 aromatic rings. The quantitative estimate of drug-likeness (QED) is 0.667. The highest BCUT2D eigenvalue weighted by Crippen LogP contribution is 2.18. The standard InChI is InChI=1S/C17H26O2/c1-3-14(2)13-16-11-8-7-10-15(16)9-5-4-6-12-17(18)19/h7-8,10-11,14H,3-6,9,12-13H2,1-2H3,(H,18,19). The van der Waals surface area contributed by atoms with Crippen molar-refractivity contribution in [2.45, 2.75) is 58.8 Å². The van der Waals surface area contributed by atoms with E-state index in [0.717, 1.165) is 38.0 Å². The number of aliphatic carboxylic acids is 1. The monoisotopic (exact) mass is 262 g/mol. The third-order valence-electron chi connectivity index (χ3n) is 3.72. The number of carbonyl (C=O) groups is 1. The zero-order chi connectivity index (χ0) is 14.1. The van der Waals surface area contributed by atoms with Gasteiger partial charge in [-0.05, 0) is 42.7 Å². The summed E-state index contributed by atoms with van der Waals surface area (Å²) in [6.07, 6.45) is 6.63. The van der Waals surface area contributed by atoms with E-state index in [4.69, 9.17) is 5.11 Å². The Morgan fingerprint density at radius 1 is 1.16 bits per heavy atom. The average molecular weight is 262 g/mol. The van der Waals surface area contributed by atoms with Gasteiger partial charge in [0.2, 0.25) is 0 Å². The Hall–Kier alpha value is -1.31. The fraction of sp³-hybridized carbons (Fsp3) is 0.588. The summed E-state index contributed by atoms with van der Waals surface area (Å²) in [5, 5.41) is 8.60. The van der Waals surface area contributed by atoms with Crippen LogP contribution in [-0.4, -0.2) is 11.1 Å². The number of hydrogen-bond acceptors (Lipinski definition) is 1. The molecule has 0 saturated heterocycles. The van der Waals surface area contributed by atoms with E-state index in [0.29, 0.717) is 6.42 Å². The number of rotatable bonds is 9. The van der Waals surface area contributed by atoms with Crippen molar-refractivity contribution in [3.63, 3.8) is 0 Å². The Kier molecular flexibility index (Phi) is 7.24. The molecule has 106 valence electrons. The first-order valence-electron chi connectivity index (χ1n) is 7.42. The van der Waals surface area contributed by atoms with Gasteiger partial charge in [-0.2, -0.15) is 0 Å². The van der Waals surface area contributed by atoms with Crippen LogP contribution in [-0.2, 0) is 17.6 Å². The van der Waals surface area contributed by atoms with Gasteiger partial charge in [0.15, 0.2) is 0 Å². The second-order valence-corrected chi connectivity index (χ2v) is 5.44. The molecule has 0 aliphatic heterocycles. The normalized spacial score (nSPS) is 12.3. The molecule has 0 bridgehead atoms. The molecule has 0 saturated carbocycles. The van der Waals surface area contributed by atoms with Gasteiger partial charge in [-0.1, -0.05) is 51.0 Å². The van der Waals surface area contributed by atoms with Crippen molar-refractivity contribution < 1.29 is 9.90 Å². The predicted molar refractivity (Wildman–Crippen MR) is 79.4 cm³/mol. The molecule has 2 nitrogen and oxygen atoms in total. The van der Waals surface area contributed by atoms with E-state index in [1.165, 1.54) is 17.5 Å². The van der Waals surface area contributed by atoms with Crippen LogP contribution in [0, 0.1) is 5.92 Å². The van der Waals surface area contributed by atoms with E-state index < -0.39 is 5.97 Å². The van der Waals surface area contributed by atoms with Crippen molar-refractivity contribution >= 4 is 5.97 Å². The second-order valence-electron chi connectivity index (χ2n) is 5.44. The summed E-state index contributed by atoms with van der Waals surface area (Å²) >= 11 is 0. The minimum atomic E-state index is -0.683. The third kappa shape index (κ3) is 6.42. The van der Waals surface area contributed by atoms with Crippen molar-refractivity contribution in [3.8, 4) is 0 Å². The van der Waals surface area contributed by atoms with E-state index in [9.17, 15) is 4.79 Å². The molecule has 0 radical (unpaired) electrons. The summed E-state index contributed by atoms with van der Waals surface area (Å²) < 4.78 is 0. The van der Waals surface area contributed by atoms with Crippen molar-refractivity contribution in [1.82, 2.24) is 0 Å². The molecule has 1 aromatic carbocycles. The summed E-state index contributed by atoms with van der Waals surface area (Å²) in [6.45, 7) is 4.53. The molecule has 0 spiro atoms. The van der Waals surface area contributed by atoms with E-state index >= 15 is 0 Å². The van der Waals surface area contributed by atoms with Gasteiger partial charge in [0.05, 0.1) is 0 Å². The first-order chi connectivity index (χ1) is 9.13. The molecular formula is C17H26O2. The van der Waals surface area contributed by atoms with Crippen LogP contribution in [0.25, 0.3) is 0 Å². The lowest BCUT2D eigenvalue weighted by molar-refractivity contribution is -0.137. The average Bonchev–Trinajstić information content (AvgIpc) is 2.39. The first-order valence-corrected chi connectivity index (χ1v) is 7.42. The molecule has 1 N–H and O–H groups in total. The topological polar surface area (TPSA) is 37.3 Å². The lowest BCUT2D eigenvalue weighted by atomic mass is 9.93. The lowest BCUT2D eigenvalue weighted by Crippen LogP contribution is -2.02.